The highest BCUT2D eigenvalue weighted by atomic mass is 35.5. The third kappa shape index (κ3) is 2.21. The summed E-state index contributed by atoms with van der Waals surface area (Å²) in [5, 5.41) is 17.2. The first-order valence-electron chi connectivity index (χ1n) is 3.64. The van der Waals surface area contributed by atoms with Crippen molar-refractivity contribution in [1.29, 1.82) is 5.26 Å². The molecule has 0 fully saturated rings. The van der Waals surface area contributed by atoms with Crippen LogP contribution in [0.5, 0.6) is 0 Å². The lowest BCUT2D eigenvalue weighted by Gasteiger charge is -2.02. The van der Waals surface area contributed by atoms with Gasteiger partial charge in [-0.25, -0.2) is 4.39 Å². The molecule has 0 saturated heterocycles. The molecule has 0 saturated carbocycles. The van der Waals surface area contributed by atoms with E-state index in [0.29, 0.717) is 0 Å². The van der Waals surface area contributed by atoms with E-state index in [1.807, 2.05) is 0 Å². The van der Waals surface area contributed by atoms with Crippen LogP contribution in [0, 0.1) is 17.1 Å². The van der Waals surface area contributed by atoms with Crippen LogP contribution >= 0.6 is 11.6 Å². The zero-order valence-corrected chi connectivity index (χ0v) is 7.68. The van der Waals surface area contributed by atoms with E-state index in [4.69, 9.17) is 22.0 Å². The molecule has 0 atom stereocenters. The van der Waals surface area contributed by atoms with Gasteiger partial charge >= 0.3 is 5.97 Å². The summed E-state index contributed by atoms with van der Waals surface area (Å²) in [5.74, 6) is -1.96. The van der Waals surface area contributed by atoms with Crippen LogP contribution in [-0.2, 0) is 11.2 Å². The summed E-state index contributed by atoms with van der Waals surface area (Å²) in [6, 6.07) is 3.92. The fourth-order valence-corrected chi connectivity index (χ4v) is 1.24. The second-order valence-corrected chi connectivity index (χ2v) is 3.03. The molecule has 1 aromatic rings. The highest BCUT2D eigenvalue weighted by molar-refractivity contribution is 6.30. The molecule has 1 aromatic carbocycles. The number of aliphatic carboxylic acids is 1. The Kier molecular flexibility index (Phi) is 3.05. The second kappa shape index (κ2) is 4.07. The maximum atomic E-state index is 13.2. The lowest BCUT2D eigenvalue weighted by Crippen LogP contribution is -2.05. The van der Waals surface area contributed by atoms with Gasteiger partial charge in [-0.15, -0.1) is 0 Å². The summed E-state index contributed by atoms with van der Waals surface area (Å²) >= 11 is 5.50. The van der Waals surface area contributed by atoms with Gasteiger partial charge < -0.3 is 5.11 Å². The Morgan fingerprint density at radius 2 is 2.29 bits per heavy atom. The second-order valence-electron chi connectivity index (χ2n) is 2.60. The molecule has 0 aliphatic rings. The van der Waals surface area contributed by atoms with E-state index in [1.165, 1.54) is 6.07 Å². The van der Waals surface area contributed by atoms with Gasteiger partial charge in [-0.05, 0) is 12.1 Å². The summed E-state index contributed by atoms with van der Waals surface area (Å²) in [7, 11) is 0. The number of carboxylic acids is 1. The van der Waals surface area contributed by atoms with Crippen LogP contribution in [0.4, 0.5) is 4.39 Å². The van der Waals surface area contributed by atoms with Crippen molar-refractivity contribution in [3.8, 4) is 6.07 Å². The van der Waals surface area contributed by atoms with Gasteiger partial charge in [0.1, 0.15) is 5.82 Å². The molecule has 0 amide bonds. The van der Waals surface area contributed by atoms with Crippen molar-refractivity contribution in [2.45, 2.75) is 6.42 Å². The van der Waals surface area contributed by atoms with E-state index in [1.54, 1.807) is 6.07 Å². The first-order chi connectivity index (χ1) is 6.54. The van der Waals surface area contributed by atoms with Crippen molar-refractivity contribution >= 4 is 17.6 Å². The average Bonchev–Trinajstić information content (AvgIpc) is 2.08. The van der Waals surface area contributed by atoms with Gasteiger partial charge in [0.2, 0.25) is 0 Å². The quantitative estimate of drug-likeness (QED) is 0.817. The minimum absolute atomic E-state index is 0.0441. The molecule has 1 N–H and O–H groups in total. The number of carboxylic acid groups (broad SMARTS) is 1. The minimum atomic E-state index is -1.19. The van der Waals surface area contributed by atoms with Crippen molar-refractivity contribution in [3.63, 3.8) is 0 Å². The maximum absolute atomic E-state index is 13.2. The normalized spacial score (nSPS) is 9.50. The summed E-state index contributed by atoms with van der Waals surface area (Å²) in [6.45, 7) is 0. The number of benzene rings is 1. The third-order valence-electron chi connectivity index (χ3n) is 1.61. The fourth-order valence-electron chi connectivity index (χ4n) is 1.03. The van der Waals surface area contributed by atoms with Crippen LogP contribution in [0.15, 0.2) is 12.1 Å². The molecule has 0 spiro atoms. The number of nitrogens with zero attached hydrogens (tertiary/aromatic N) is 1. The Bertz CT molecular complexity index is 426. The highest BCUT2D eigenvalue weighted by Crippen LogP contribution is 2.20. The number of hydrogen-bond donors (Lipinski definition) is 1. The predicted octanol–water partition coefficient (Wildman–Crippen LogP) is 1.98. The van der Waals surface area contributed by atoms with Gasteiger partial charge in [0.05, 0.1) is 18.1 Å². The van der Waals surface area contributed by atoms with E-state index < -0.39 is 18.2 Å². The molecule has 0 heterocycles. The molecule has 0 aromatic heterocycles. The lowest BCUT2D eigenvalue weighted by atomic mass is 10.1. The SMILES string of the molecule is N#Cc1cc(Cl)cc(F)c1CC(=O)O. The monoisotopic (exact) mass is 213 g/mol. The van der Waals surface area contributed by atoms with Gasteiger partial charge in [-0.2, -0.15) is 5.26 Å². The molecule has 0 aliphatic carbocycles. The van der Waals surface area contributed by atoms with Crippen LogP contribution in [0.3, 0.4) is 0 Å². The molecule has 72 valence electrons. The molecule has 0 unspecified atom stereocenters. The Hall–Kier alpha value is -1.60. The van der Waals surface area contributed by atoms with Crippen molar-refractivity contribution < 1.29 is 14.3 Å². The van der Waals surface area contributed by atoms with Crippen LogP contribution in [0.25, 0.3) is 0 Å². The van der Waals surface area contributed by atoms with E-state index in [0.717, 1.165) is 6.07 Å². The zero-order chi connectivity index (χ0) is 10.7. The summed E-state index contributed by atoms with van der Waals surface area (Å²) in [6.07, 6.45) is -0.522. The molecule has 3 nitrogen and oxygen atoms in total. The third-order valence-corrected chi connectivity index (χ3v) is 1.83. The number of rotatable bonds is 2. The minimum Gasteiger partial charge on any atom is -0.481 e. The van der Waals surface area contributed by atoms with Crippen LogP contribution in [-0.4, -0.2) is 11.1 Å². The molecular formula is C9H5ClFNO2. The smallest absolute Gasteiger partial charge is 0.307 e. The Balaban J connectivity index is 3.27. The Labute approximate surface area is 84.3 Å². The lowest BCUT2D eigenvalue weighted by molar-refractivity contribution is -0.136. The number of halogens is 2. The summed E-state index contributed by atoms with van der Waals surface area (Å²) < 4.78 is 13.2. The van der Waals surface area contributed by atoms with E-state index in [-0.39, 0.29) is 16.1 Å². The first kappa shape index (κ1) is 10.5. The molecule has 0 bridgehead atoms. The van der Waals surface area contributed by atoms with E-state index >= 15 is 0 Å². The van der Waals surface area contributed by atoms with Gasteiger partial charge in [-0.1, -0.05) is 11.6 Å². The van der Waals surface area contributed by atoms with Crippen LogP contribution in [0.2, 0.25) is 5.02 Å². The maximum Gasteiger partial charge on any atom is 0.307 e. The van der Waals surface area contributed by atoms with Gasteiger partial charge in [0, 0.05) is 10.6 Å². The van der Waals surface area contributed by atoms with E-state index in [9.17, 15) is 9.18 Å². The number of hydrogen-bond acceptors (Lipinski definition) is 2. The predicted molar refractivity (Wildman–Crippen MR) is 47.5 cm³/mol. The van der Waals surface area contributed by atoms with Crippen molar-refractivity contribution in [1.82, 2.24) is 0 Å². The van der Waals surface area contributed by atoms with Gasteiger partial charge in [-0.3, -0.25) is 4.79 Å². The zero-order valence-electron chi connectivity index (χ0n) is 6.92. The van der Waals surface area contributed by atoms with E-state index in [2.05, 4.69) is 0 Å². The Morgan fingerprint density at radius 1 is 1.64 bits per heavy atom. The fraction of sp³-hybridized carbons (Fsp3) is 0.111. The van der Waals surface area contributed by atoms with Gasteiger partial charge in [0.15, 0.2) is 0 Å². The van der Waals surface area contributed by atoms with Crippen LogP contribution in [0.1, 0.15) is 11.1 Å². The molecular weight excluding hydrogens is 209 g/mol. The highest BCUT2D eigenvalue weighted by Gasteiger charge is 2.13. The summed E-state index contributed by atoms with van der Waals surface area (Å²) in [5.41, 5.74) is -0.179. The standard InChI is InChI=1S/C9H5ClFNO2/c10-6-1-5(4-12)7(3-9(13)14)8(11)2-6/h1-2H,3H2,(H,13,14). The van der Waals surface area contributed by atoms with Crippen LogP contribution < -0.4 is 0 Å². The summed E-state index contributed by atoms with van der Waals surface area (Å²) in [4.78, 5) is 10.4. The molecule has 0 radical (unpaired) electrons. The van der Waals surface area contributed by atoms with Crippen molar-refractivity contribution in [3.05, 3.63) is 34.1 Å². The van der Waals surface area contributed by atoms with Gasteiger partial charge in [0.25, 0.3) is 0 Å². The molecule has 14 heavy (non-hydrogen) atoms. The topological polar surface area (TPSA) is 61.1 Å². The molecule has 0 aliphatic heterocycles. The molecule has 1 rings (SSSR count). The number of carbonyl (C=O) groups is 1. The average molecular weight is 214 g/mol. The largest absolute Gasteiger partial charge is 0.481 e. The Morgan fingerprint density at radius 3 is 2.79 bits per heavy atom. The first-order valence-corrected chi connectivity index (χ1v) is 4.02. The number of nitriles is 1. The van der Waals surface area contributed by atoms with Crippen molar-refractivity contribution in [2.24, 2.45) is 0 Å². The van der Waals surface area contributed by atoms with Crippen molar-refractivity contribution in [2.75, 3.05) is 0 Å². The molecule has 5 heteroatoms.